The highest BCUT2D eigenvalue weighted by Gasteiger charge is 2.16. The number of hydrogen-bond donors (Lipinski definition) is 2. The fraction of sp³-hybridized carbons (Fsp3) is 0.167. The molecule has 3 aromatic rings. The number of aromatic nitrogens is 3. The summed E-state index contributed by atoms with van der Waals surface area (Å²) in [5.74, 6) is 1.08. The predicted octanol–water partition coefficient (Wildman–Crippen LogP) is 3.24. The number of rotatable bonds is 7. The summed E-state index contributed by atoms with van der Waals surface area (Å²) in [6.07, 6.45) is 0.519. The second-order valence-electron chi connectivity index (χ2n) is 5.69. The van der Waals surface area contributed by atoms with Gasteiger partial charge >= 0.3 is 0 Å². The minimum Gasteiger partial charge on any atom is -0.379 e. The van der Waals surface area contributed by atoms with E-state index < -0.39 is 4.92 Å². The van der Waals surface area contributed by atoms with Crippen LogP contribution in [0.3, 0.4) is 0 Å². The van der Waals surface area contributed by atoms with Gasteiger partial charge in [-0.3, -0.25) is 20.0 Å². The largest absolute Gasteiger partial charge is 0.379 e. The summed E-state index contributed by atoms with van der Waals surface area (Å²) in [7, 11) is 0. The zero-order valence-corrected chi connectivity index (χ0v) is 14.1. The quantitative estimate of drug-likeness (QED) is 0.384. The van der Waals surface area contributed by atoms with Gasteiger partial charge in [0, 0.05) is 30.2 Å². The van der Waals surface area contributed by atoms with Gasteiger partial charge in [-0.05, 0) is 19.1 Å². The summed E-state index contributed by atoms with van der Waals surface area (Å²) < 4.78 is 0. The summed E-state index contributed by atoms with van der Waals surface area (Å²) in [4.78, 5) is 26.5. The van der Waals surface area contributed by atoms with Crippen molar-refractivity contribution in [3.8, 4) is 11.4 Å². The second kappa shape index (κ2) is 7.56. The summed E-state index contributed by atoms with van der Waals surface area (Å²) in [5, 5.41) is 21.3. The van der Waals surface area contributed by atoms with Crippen molar-refractivity contribution in [2.24, 2.45) is 0 Å². The molecule has 132 valence electrons. The molecular formula is C18H17N5O3. The molecule has 0 unspecified atom stereocenters. The minimum absolute atomic E-state index is 0.125. The number of aromatic amines is 1. The Bertz CT molecular complexity index is 937. The molecule has 0 bridgehead atoms. The Morgan fingerprint density at radius 3 is 2.69 bits per heavy atom. The van der Waals surface area contributed by atoms with Crippen molar-refractivity contribution in [1.29, 1.82) is 0 Å². The van der Waals surface area contributed by atoms with Crippen LogP contribution in [0.5, 0.6) is 0 Å². The molecule has 0 atom stereocenters. The van der Waals surface area contributed by atoms with Crippen LogP contribution in [0.25, 0.3) is 11.4 Å². The van der Waals surface area contributed by atoms with Crippen molar-refractivity contribution in [1.82, 2.24) is 15.2 Å². The SMILES string of the molecule is CC(=O)c1ccc(NCCc2nc(-c3ccccc3)n[nH]2)c([N+](=O)[O-])c1. The van der Waals surface area contributed by atoms with Crippen LogP contribution >= 0.6 is 0 Å². The molecule has 26 heavy (non-hydrogen) atoms. The average Bonchev–Trinajstić information content (AvgIpc) is 3.11. The maximum absolute atomic E-state index is 11.4. The molecule has 0 fully saturated rings. The van der Waals surface area contributed by atoms with Crippen LogP contribution in [-0.4, -0.2) is 32.4 Å². The van der Waals surface area contributed by atoms with E-state index in [0.29, 0.717) is 35.9 Å². The van der Waals surface area contributed by atoms with Crippen LogP contribution in [0.15, 0.2) is 48.5 Å². The highest BCUT2D eigenvalue weighted by molar-refractivity contribution is 5.95. The lowest BCUT2D eigenvalue weighted by Crippen LogP contribution is -2.08. The number of nitro groups is 1. The molecule has 1 aromatic heterocycles. The molecule has 0 saturated carbocycles. The van der Waals surface area contributed by atoms with Crippen LogP contribution in [0.2, 0.25) is 0 Å². The summed E-state index contributed by atoms with van der Waals surface area (Å²) in [6, 6.07) is 14.0. The molecule has 0 aliphatic carbocycles. The van der Waals surface area contributed by atoms with E-state index in [-0.39, 0.29) is 11.5 Å². The number of nitro benzene ring substituents is 1. The Labute approximate surface area is 149 Å². The second-order valence-corrected chi connectivity index (χ2v) is 5.69. The van der Waals surface area contributed by atoms with Crippen molar-refractivity contribution in [3.63, 3.8) is 0 Å². The zero-order valence-electron chi connectivity index (χ0n) is 14.1. The van der Waals surface area contributed by atoms with Crippen LogP contribution in [0.1, 0.15) is 23.1 Å². The molecule has 0 amide bonds. The monoisotopic (exact) mass is 351 g/mol. The molecule has 0 aliphatic rings. The Morgan fingerprint density at radius 2 is 2.00 bits per heavy atom. The summed E-state index contributed by atoms with van der Waals surface area (Å²) in [6.45, 7) is 1.81. The topological polar surface area (TPSA) is 114 Å². The van der Waals surface area contributed by atoms with Gasteiger partial charge in [0.05, 0.1) is 4.92 Å². The molecule has 0 saturated heterocycles. The highest BCUT2D eigenvalue weighted by atomic mass is 16.6. The number of nitrogens with one attached hydrogen (secondary N) is 2. The smallest absolute Gasteiger partial charge is 0.293 e. The number of nitrogens with zero attached hydrogens (tertiary/aromatic N) is 3. The van der Waals surface area contributed by atoms with E-state index in [9.17, 15) is 14.9 Å². The molecule has 8 nitrogen and oxygen atoms in total. The molecule has 0 radical (unpaired) electrons. The lowest BCUT2D eigenvalue weighted by molar-refractivity contribution is -0.384. The average molecular weight is 351 g/mol. The van der Waals surface area contributed by atoms with Crippen LogP contribution in [0.4, 0.5) is 11.4 Å². The van der Waals surface area contributed by atoms with Gasteiger partial charge < -0.3 is 5.32 Å². The van der Waals surface area contributed by atoms with Crippen LogP contribution in [-0.2, 0) is 6.42 Å². The molecule has 0 aliphatic heterocycles. The lowest BCUT2D eigenvalue weighted by Gasteiger charge is -2.07. The van der Waals surface area contributed by atoms with Crippen LogP contribution in [0, 0.1) is 10.1 Å². The molecular weight excluding hydrogens is 334 g/mol. The highest BCUT2D eigenvalue weighted by Crippen LogP contribution is 2.25. The summed E-state index contributed by atoms with van der Waals surface area (Å²) in [5.41, 5.74) is 1.46. The number of benzene rings is 2. The van der Waals surface area contributed by atoms with E-state index >= 15 is 0 Å². The lowest BCUT2D eigenvalue weighted by atomic mass is 10.1. The van der Waals surface area contributed by atoms with Gasteiger partial charge in [-0.2, -0.15) is 5.10 Å². The number of anilines is 1. The molecule has 0 spiro atoms. The minimum atomic E-state index is -0.503. The molecule has 3 rings (SSSR count). The molecule has 2 aromatic carbocycles. The Kier molecular flexibility index (Phi) is 5.02. The fourth-order valence-corrected chi connectivity index (χ4v) is 2.49. The zero-order chi connectivity index (χ0) is 18.5. The van der Waals surface area contributed by atoms with Gasteiger partial charge in [-0.25, -0.2) is 4.98 Å². The van der Waals surface area contributed by atoms with Crippen molar-refractivity contribution in [2.45, 2.75) is 13.3 Å². The van der Waals surface area contributed by atoms with Crippen molar-refractivity contribution in [3.05, 3.63) is 70.0 Å². The normalized spacial score (nSPS) is 10.5. The Balaban J connectivity index is 1.66. The Hall–Kier alpha value is -3.55. The van der Waals surface area contributed by atoms with Gasteiger partial charge in [0.2, 0.25) is 0 Å². The first kappa shape index (κ1) is 17.3. The fourth-order valence-electron chi connectivity index (χ4n) is 2.49. The van der Waals surface area contributed by atoms with Gasteiger partial charge in [0.1, 0.15) is 11.5 Å². The maximum atomic E-state index is 11.4. The van der Waals surface area contributed by atoms with E-state index in [0.717, 1.165) is 5.56 Å². The number of hydrogen-bond acceptors (Lipinski definition) is 6. The van der Waals surface area contributed by atoms with E-state index in [1.165, 1.54) is 13.0 Å². The van der Waals surface area contributed by atoms with E-state index in [1.54, 1.807) is 12.1 Å². The number of H-pyrrole nitrogens is 1. The van der Waals surface area contributed by atoms with Gasteiger partial charge in [0.15, 0.2) is 11.6 Å². The molecule has 8 heteroatoms. The number of carbonyl (C=O) groups excluding carboxylic acids is 1. The first-order chi connectivity index (χ1) is 12.5. The molecule has 2 N–H and O–H groups in total. The van der Waals surface area contributed by atoms with Crippen molar-refractivity contribution >= 4 is 17.2 Å². The van der Waals surface area contributed by atoms with Crippen LogP contribution < -0.4 is 5.32 Å². The molecule has 1 heterocycles. The number of Topliss-reactive ketones (excluding diaryl/α,β-unsaturated/α-hetero) is 1. The standard InChI is InChI=1S/C18H17N5O3/c1-12(24)14-7-8-15(16(11-14)23(25)26)19-10-9-17-20-18(22-21-17)13-5-3-2-4-6-13/h2-8,11,19H,9-10H2,1H3,(H,20,21,22). The Morgan fingerprint density at radius 1 is 1.23 bits per heavy atom. The third kappa shape index (κ3) is 3.92. The first-order valence-corrected chi connectivity index (χ1v) is 8.04. The van der Waals surface area contributed by atoms with Crippen molar-refractivity contribution in [2.75, 3.05) is 11.9 Å². The maximum Gasteiger partial charge on any atom is 0.293 e. The predicted molar refractivity (Wildman–Crippen MR) is 97.1 cm³/mol. The third-order valence-electron chi connectivity index (χ3n) is 3.84. The van der Waals surface area contributed by atoms with E-state index in [1.807, 2.05) is 30.3 Å². The number of carbonyl (C=O) groups is 1. The van der Waals surface area contributed by atoms with E-state index in [2.05, 4.69) is 20.5 Å². The third-order valence-corrected chi connectivity index (χ3v) is 3.84. The first-order valence-electron chi connectivity index (χ1n) is 8.04. The van der Waals surface area contributed by atoms with Gasteiger partial charge in [-0.15, -0.1) is 0 Å². The summed E-state index contributed by atoms with van der Waals surface area (Å²) >= 11 is 0. The number of ketones is 1. The van der Waals surface area contributed by atoms with Crippen molar-refractivity contribution < 1.29 is 9.72 Å². The van der Waals surface area contributed by atoms with Gasteiger partial charge in [-0.1, -0.05) is 30.3 Å². The van der Waals surface area contributed by atoms with E-state index in [4.69, 9.17) is 0 Å². The van der Waals surface area contributed by atoms with Gasteiger partial charge in [0.25, 0.3) is 5.69 Å².